The van der Waals surface area contributed by atoms with Crippen LogP contribution < -0.4 is 5.32 Å². The number of fused-ring (bicyclic) bond motifs is 4. The van der Waals surface area contributed by atoms with Crippen LogP contribution in [0.3, 0.4) is 0 Å². The molecule has 3 nitrogen and oxygen atoms in total. The Morgan fingerprint density at radius 1 is 1.12 bits per heavy atom. The van der Waals surface area contributed by atoms with E-state index in [0.29, 0.717) is 5.41 Å². The van der Waals surface area contributed by atoms with Gasteiger partial charge in [0.15, 0.2) is 0 Å². The summed E-state index contributed by atoms with van der Waals surface area (Å²) in [6, 6.07) is 10.0. The van der Waals surface area contributed by atoms with Gasteiger partial charge in [-0.3, -0.25) is 4.79 Å². The van der Waals surface area contributed by atoms with Crippen molar-refractivity contribution in [1.82, 2.24) is 10.2 Å². The molecule has 1 amide bonds. The molecule has 3 heteroatoms. The van der Waals surface area contributed by atoms with E-state index in [-0.39, 0.29) is 13.4 Å². The predicted molar refractivity (Wildman–Crippen MR) is 106 cm³/mol. The van der Waals surface area contributed by atoms with Crippen LogP contribution in [0.15, 0.2) is 24.3 Å². The maximum atomic E-state index is 11.6. The van der Waals surface area contributed by atoms with Crippen molar-refractivity contribution >= 4 is 5.91 Å². The van der Waals surface area contributed by atoms with Crippen molar-refractivity contribution < 1.29 is 6.22 Å². The summed E-state index contributed by atoms with van der Waals surface area (Å²) in [6.07, 6.45) is 10.9. The Bertz CT molecular complexity index is 697. The number of piperidine rings is 1. The van der Waals surface area contributed by atoms with Crippen LogP contribution in [0, 0.1) is 11.8 Å². The molecule has 4 aliphatic rings. The fourth-order valence-electron chi connectivity index (χ4n) is 6.85. The van der Waals surface area contributed by atoms with Gasteiger partial charge in [-0.15, -0.1) is 0 Å². The van der Waals surface area contributed by atoms with Crippen molar-refractivity contribution in [3.8, 4) is 0 Å². The largest absolute Gasteiger partial charge is 0.350 e. The number of amides is 1. The van der Waals surface area contributed by atoms with Gasteiger partial charge in [-0.2, -0.15) is 0 Å². The maximum absolute atomic E-state index is 11.6. The lowest BCUT2D eigenvalue weighted by atomic mass is 9.63. The lowest BCUT2D eigenvalue weighted by molar-refractivity contribution is -0.119. The number of nitrogens with zero attached hydrogens (tertiary/aromatic N) is 1. The van der Waals surface area contributed by atoms with E-state index in [1.54, 1.807) is 6.92 Å². The van der Waals surface area contributed by atoms with Crippen LogP contribution >= 0.6 is 0 Å². The molecule has 0 radical (unpaired) electrons. The zero-order valence-corrected chi connectivity index (χ0v) is 16.0. The van der Waals surface area contributed by atoms with Crippen molar-refractivity contribution in [2.24, 2.45) is 11.8 Å². The molecule has 142 valence electrons. The number of likely N-dealkylation sites (tertiary alicyclic amines) is 1. The third-order valence-corrected chi connectivity index (χ3v) is 8.12. The maximum Gasteiger partial charge on any atom is 0.217 e. The standard InChI is InChI=1S/C23H32N2O.H2/c1-16(26)24-21-8-9-23(20-5-3-2-4-19(20)21)10-12-25(13-11-23)22-15-17-6-7-18(22)14-17;/h2-5,17-18,21-22H,6-15H2,1H3,(H,24,26);1H/t17-,18+,21+,22+;/m0./s1. The van der Waals surface area contributed by atoms with Crippen LogP contribution in [-0.2, 0) is 10.2 Å². The third kappa shape index (κ3) is 2.70. The lowest BCUT2D eigenvalue weighted by Gasteiger charge is -2.49. The minimum Gasteiger partial charge on any atom is -0.350 e. The zero-order chi connectivity index (χ0) is 17.7. The molecule has 1 aromatic carbocycles. The number of nitrogens with one attached hydrogen (secondary N) is 1. The number of hydrogen-bond donors (Lipinski definition) is 1. The van der Waals surface area contributed by atoms with Crippen LogP contribution in [0.4, 0.5) is 0 Å². The second kappa shape index (κ2) is 6.37. The average Bonchev–Trinajstić information content (AvgIpc) is 3.28. The van der Waals surface area contributed by atoms with Gasteiger partial charge < -0.3 is 10.2 Å². The number of carbonyl (C=O) groups excluding carboxylic acids is 1. The van der Waals surface area contributed by atoms with E-state index in [9.17, 15) is 4.79 Å². The van der Waals surface area contributed by atoms with Crippen LogP contribution in [0.25, 0.3) is 0 Å². The first-order chi connectivity index (χ1) is 12.6. The molecule has 0 aromatic heterocycles. The molecule has 2 bridgehead atoms. The molecule has 4 atom stereocenters. The van der Waals surface area contributed by atoms with Crippen LogP contribution in [0.2, 0.25) is 0 Å². The Kier molecular flexibility index (Phi) is 4.11. The van der Waals surface area contributed by atoms with Gasteiger partial charge in [0.25, 0.3) is 0 Å². The monoisotopic (exact) mass is 354 g/mol. The molecule has 2 saturated carbocycles. The van der Waals surface area contributed by atoms with Gasteiger partial charge in [0.2, 0.25) is 5.91 Å². The van der Waals surface area contributed by atoms with E-state index in [0.717, 1.165) is 24.3 Å². The van der Waals surface area contributed by atoms with Crippen molar-refractivity contribution in [2.75, 3.05) is 13.1 Å². The first-order valence-corrected chi connectivity index (χ1v) is 10.8. The molecular weight excluding hydrogens is 320 g/mol. The van der Waals surface area contributed by atoms with E-state index in [1.165, 1.54) is 69.2 Å². The molecule has 1 aliphatic heterocycles. The van der Waals surface area contributed by atoms with E-state index >= 15 is 0 Å². The van der Waals surface area contributed by atoms with Crippen molar-refractivity contribution in [1.29, 1.82) is 0 Å². The smallest absolute Gasteiger partial charge is 0.217 e. The van der Waals surface area contributed by atoms with Crippen LogP contribution in [-0.4, -0.2) is 29.9 Å². The van der Waals surface area contributed by atoms with Crippen LogP contribution in [0.1, 0.15) is 76.9 Å². The van der Waals surface area contributed by atoms with Crippen LogP contribution in [0.5, 0.6) is 0 Å². The molecule has 26 heavy (non-hydrogen) atoms. The highest BCUT2D eigenvalue weighted by Gasteiger charge is 2.47. The summed E-state index contributed by atoms with van der Waals surface area (Å²) in [5.74, 6) is 2.12. The van der Waals surface area contributed by atoms with Crippen molar-refractivity contribution in [2.45, 2.75) is 75.8 Å². The Hall–Kier alpha value is -1.35. The fraction of sp³-hybridized carbons (Fsp3) is 0.696. The summed E-state index contributed by atoms with van der Waals surface area (Å²) in [5.41, 5.74) is 3.25. The van der Waals surface area contributed by atoms with Gasteiger partial charge in [0.1, 0.15) is 0 Å². The number of hydrogen-bond acceptors (Lipinski definition) is 2. The first-order valence-electron chi connectivity index (χ1n) is 10.8. The normalized spacial score (nSPS) is 35.4. The predicted octanol–water partition coefficient (Wildman–Crippen LogP) is 4.43. The molecule has 1 saturated heterocycles. The van der Waals surface area contributed by atoms with Crippen molar-refractivity contribution in [3.63, 3.8) is 0 Å². The molecular formula is C23H34N2O. The number of carbonyl (C=O) groups is 1. The van der Waals surface area contributed by atoms with Gasteiger partial charge in [-0.25, -0.2) is 0 Å². The van der Waals surface area contributed by atoms with E-state index in [1.807, 2.05) is 0 Å². The molecule has 1 aromatic rings. The molecule has 1 spiro atoms. The number of rotatable bonds is 2. The summed E-state index contributed by atoms with van der Waals surface area (Å²) in [7, 11) is 0. The van der Waals surface area contributed by atoms with Gasteiger partial charge in [0, 0.05) is 14.4 Å². The van der Waals surface area contributed by atoms with Crippen molar-refractivity contribution in [3.05, 3.63) is 35.4 Å². The summed E-state index contributed by atoms with van der Waals surface area (Å²) < 4.78 is 0. The Morgan fingerprint density at radius 3 is 2.62 bits per heavy atom. The minimum atomic E-state index is 0. The Labute approximate surface area is 159 Å². The summed E-state index contributed by atoms with van der Waals surface area (Å²) in [6.45, 7) is 4.18. The molecule has 1 N–H and O–H groups in total. The summed E-state index contributed by atoms with van der Waals surface area (Å²) in [5, 5.41) is 3.18. The SMILES string of the molecule is CC(=O)N[C@@H]1CCC2(CCN([C@@H]3C[C@H]4CC[C@@H]3C4)CC2)c2ccccc21.[HH]. The fourth-order valence-corrected chi connectivity index (χ4v) is 6.85. The molecule has 3 aliphatic carbocycles. The first kappa shape index (κ1) is 16.8. The summed E-state index contributed by atoms with van der Waals surface area (Å²) in [4.78, 5) is 14.5. The highest BCUT2D eigenvalue weighted by atomic mass is 16.1. The zero-order valence-electron chi connectivity index (χ0n) is 16.0. The topological polar surface area (TPSA) is 32.3 Å². The van der Waals surface area contributed by atoms with Gasteiger partial charge >= 0.3 is 0 Å². The highest BCUT2D eigenvalue weighted by Crippen LogP contribution is 2.51. The molecule has 5 rings (SSSR count). The highest BCUT2D eigenvalue weighted by molar-refractivity contribution is 5.73. The second-order valence-electron chi connectivity index (χ2n) is 9.44. The molecule has 0 unspecified atom stereocenters. The minimum absolute atomic E-state index is 0. The van der Waals surface area contributed by atoms with Gasteiger partial charge in [-0.05, 0) is 86.4 Å². The molecule has 3 fully saturated rings. The quantitative estimate of drug-likeness (QED) is 0.852. The lowest BCUT2D eigenvalue weighted by Crippen LogP contribution is -2.50. The van der Waals surface area contributed by atoms with E-state index < -0.39 is 0 Å². The number of benzene rings is 1. The molecule has 1 heterocycles. The second-order valence-corrected chi connectivity index (χ2v) is 9.44. The third-order valence-electron chi connectivity index (χ3n) is 8.12. The van der Waals surface area contributed by atoms with Gasteiger partial charge in [0.05, 0.1) is 6.04 Å². The van der Waals surface area contributed by atoms with E-state index in [2.05, 4.69) is 34.5 Å². The Morgan fingerprint density at radius 2 is 1.92 bits per heavy atom. The average molecular weight is 355 g/mol. The summed E-state index contributed by atoms with van der Waals surface area (Å²) >= 11 is 0. The van der Waals surface area contributed by atoms with Gasteiger partial charge in [-0.1, -0.05) is 30.7 Å². The Balaban J connectivity index is 0.00000180. The van der Waals surface area contributed by atoms with E-state index in [4.69, 9.17) is 0 Å².